The number of nitrogens with zero attached hydrogens (tertiary/aromatic N) is 3. The van der Waals surface area contributed by atoms with E-state index < -0.39 is 0 Å². The maximum Gasteiger partial charge on any atom is 0.226 e. The molecule has 0 aliphatic rings. The first-order valence-electron chi connectivity index (χ1n) is 4.93. The highest BCUT2D eigenvalue weighted by atomic mass is 16.2. The van der Waals surface area contributed by atoms with E-state index in [0.717, 1.165) is 5.56 Å². The van der Waals surface area contributed by atoms with Crippen LogP contribution in [0.3, 0.4) is 0 Å². The molecule has 1 aromatic rings. The standard InChI is InChI=1S/C10H18N4O/c1-13(2)10(15)9(5-11)4-8-6-12-14(3)7-8/h6-7,9H,4-5,11H2,1-3H3. The molecule has 0 saturated carbocycles. The van der Waals surface area contributed by atoms with Crippen LogP contribution in [0.1, 0.15) is 5.56 Å². The van der Waals surface area contributed by atoms with Crippen molar-refractivity contribution in [2.24, 2.45) is 18.7 Å². The normalized spacial score (nSPS) is 12.5. The van der Waals surface area contributed by atoms with Crippen LogP contribution in [0.4, 0.5) is 0 Å². The molecule has 1 amide bonds. The van der Waals surface area contributed by atoms with Gasteiger partial charge in [0.15, 0.2) is 0 Å². The molecule has 0 fully saturated rings. The summed E-state index contributed by atoms with van der Waals surface area (Å²) < 4.78 is 1.73. The summed E-state index contributed by atoms with van der Waals surface area (Å²) in [7, 11) is 5.34. The van der Waals surface area contributed by atoms with Crippen molar-refractivity contribution in [3.8, 4) is 0 Å². The number of hydrogen-bond acceptors (Lipinski definition) is 3. The van der Waals surface area contributed by atoms with E-state index in [4.69, 9.17) is 5.73 Å². The monoisotopic (exact) mass is 210 g/mol. The highest BCUT2D eigenvalue weighted by Gasteiger charge is 2.19. The Hall–Kier alpha value is -1.36. The van der Waals surface area contributed by atoms with Crippen molar-refractivity contribution >= 4 is 5.91 Å². The molecule has 1 rings (SSSR count). The number of aromatic nitrogens is 2. The van der Waals surface area contributed by atoms with Crippen LogP contribution in [0, 0.1) is 5.92 Å². The molecule has 1 unspecified atom stereocenters. The van der Waals surface area contributed by atoms with Crippen LogP contribution < -0.4 is 5.73 Å². The summed E-state index contributed by atoms with van der Waals surface area (Å²) in [6, 6.07) is 0. The Kier molecular flexibility index (Phi) is 3.85. The van der Waals surface area contributed by atoms with Crippen molar-refractivity contribution in [2.75, 3.05) is 20.6 Å². The van der Waals surface area contributed by atoms with E-state index in [1.807, 2.05) is 13.2 Å². The summed E-state index contributed by atoms with van der Waals surface area (Å²) in [5.41, 5.74) is 6.64. The van der Waals surface area contributed by atoms with Crippen molar-refractivity contribution in [1.82, 2.24) is 14.7 Å². The second kappa shape index (κ2) is 4.93. The van der Waals surface area contributed by atoms with E-state index >= 15 is 0 Å². The molecular weight excluding hydrogens is 192 g/mol. The summed E-state index contributed by atoms with van der Waals surface area (Å²) in [5.74, 6) is -0.0782. The van der Waals surface area contributed by atoms with Crippen LogP contribution in [-0.2, 0) is 18.3 Å². The van der Waals surface area contributed by atoms with Crippen LogP contribution >= 0.6 is 0 Å². The van der Waals surface area contributed by atoms with Crippen molar-refractivity contribution in [3.63, 3.8) is 0 Å². The highest BCUT2D eigenvalue weighted by molar-refractivity contribution is 5.78. The predicted molar refractivity (Wildman–Crippen MR) is 58.2 cm³/mol. The Balaban J connectivity index is 2.65. The average Bonchev–Trinajstić information content (AvgIpc) is 2.59. The minimum atomic E-state index is -0.149. The van der Waals surface area contributed by atoms with Crippen molar-refractivity contribution in [2.45, 2.75) is 6.42 Å². The summed E-state index contributed by atoms with van der Waals surface area (Å²) in [6.07, 6.45) is 4.33. The van der Waals surface area contributed by atoms with Gasteiger partial charge in [0.25, 0.3) is 0 Å². The molecule has 0 spiro atoms. The molecule has 1 atom stereocenters. The Morgan fingerprint density at radius 1 is 1.67 bits per heavy atom. The van der Waals surface area contributed by atoms with Gasteiger partial charge in [-0.1, -0.05) is 0 Å². The quantitative estimate of drug-likeness (QED) is 0.737. The molecule has 0 radical (unpaired) electrons. The van der Waals surface area contributed by atoms with Crippen molar-refractivity contribution < 1.29 is 4.79 Å². The third-order valence-corrected chi connectivity index (χ3v) is 2.31. The Morgan fingerprint density at radius 3 is 2.73 bits per heavy atom. The fourth-order valence-electron chi connectivity index (χ4n) is 1.50. The van der Waals surface area contributed by atoms with Gasteiger partial charge in [-0.2, -0.15) is 5.10 Å². The maximum atomic E-state index is 11.7. The summed E-state index contributed by atoms with van der Waals surface area (Å²) >= 11 is 0. The summed E-state index contributed by atoms with van der Waals surface area (Å²) in [5, 5.41) is 4.06. The number of carbonyl (C=O) groups excluding carboxylic acids is 1. The zero-order chi connectivity index (χ0) is 11.4. The Bertz CT molecular complexity index is 332. The lowest BCUT2D eigenvalue weighted by Crippen LogP contribution is -2.35. The van der Waals surface area contributed by atoms with E-state index in [0.29, 0.717) is 13.0 Å². The third-order valence-electron chi connectivity index (χ3n) is 2.31. The van der Waals surface area contributed by atoms with Crippen LogP contribution in [0.25, 0.3) is 0 Å². The summed E-state index contributed by atoms with van der Waals surface area (Å²) in [6.45, 7) is 0.367. The number of aryl methyl sites for hydroxylation is 1. The maximum absolute atomic E-state index is 11.7. The van der Waals surface area contributed by atoms with Gasteiger partial charge in [0.05, 0.1) is 12.1 Å². The average molecular weight is 210 g/mol. The lowest BCUT2D eigenvalue weighted by Gasteiger charge is -2.18. The van der Waals surface area contributed by atoms with Gasteiger partial charge in [0.2, 0.25) is 5.91 Å². The topological polar surface area (TPSA) is 64.2 Å². The van der Waals surface area contributed by atoms with Gasteiger partial charge in [0, 0.05) is 33.9 Å². The molecule has 0 aliphatic heterocycles. The smallest absolute Gasteiger partial charge is 0.226 e. The largest absolute Gasteiger partial charge is 0.349 e. The van der Waals surface area contributed by atoms with Crippen molar-refractivity contribution in [3.05, 3.63) is 18.0 Å². The van der Waals surface area contributed by atoms with E-state index in [-0.39, 0.29) is 11.8 Å². The van der Waals surface area contributed by atoms with Crippen LogP contribution in [0.15, 0.2) is 12.4 Å². The van der Waals surface area contributed by atoms with Gasteiger partial charge in [-0.3, -0.25) is 9.48 Å². The molecular formula is C10H18N4O. The van der Waals surface area contributed by atoms with Crippen LogP contribution in [0.5, 0.6) is 0 Å². The lowest BCUT2D eigenvalue weighted by molar-refractivity contribution is -0.132. The molecule has 0 aromatic carbocycles. The number of carbonyl (C=O) groups is 1. The third kappa shape index (κ3) is 3.06. The lowest BCUT2D eigenvalue weighted by atomic mass is 10.0. The zero-order valence-corrected chi connectivity index (χ0v) is 9.47. The van der Waals surface area contributed by atoms with Crippen molar-refractivity contribution in [1.29, 1.82) is 0 Å². The fraction of sp³-hybridized carbons (Fsp3) is 0.600. The molecule has 2 N–H and O–H groups in total. The molecule has 84 valence electrons. The number of nitrogens with two attached hydrogens (primary N) is 1. The molecule has 0 saturated heterocycles. The SMILES string of the molecule is CN(C)C(=O)C(CN)Cc1cnn(C)c1. The molecule has 5 nitrogen and oxygen atoms in total. The van der Waals surface area contributed by atoms with Crippen LogP contribution in [-0.4, -0.2) is 41.2 Å². The molecule has 1 aromatic heterocycles. The highest BCUT2D eigenvalue weighted by Crippen LogP contribution is 2.08. The van der Waals surface area contributed by atoms with Gasteiger partial charge in [0.1, 0.15) is 0 Å². The first kappa shape index (κ1) is 11.7. The second-order valence-corrected chi connectivity index (χ2v) is 3.89. The molecule has 0 aliphatic carbocycles. The molecule has 5 heteroatoms. The van der Waals surface area contributed by atoms with E-state index in [1.165, 1.54) is 0 Å². The summed E-state index contributed by atoms with van der Waals surface area (Å²) in [4.78, 5) is 13.3. The first-order chi connectivity index (χ1) is 7.04. The van der Waals surface area contributed by atoms with E-state index in [1.54, 1.807) is 29.9 Å². The van der Waals surface area contributed by atoms with Gasteiger partial charge < -0.3 is 10.6 Å². The second-order valence-electron chi connectivity index (χ2n) is 3.89. The Labute approximate surface area is 89.9 Å². The number of hydrogen-bond donors (Lipinski definition) is 1. The predicted octanol–water partition coefficient (Wildman–Crippen LogP) is -0.374. The minimum absolute atomic E-state index is 0.0707. The van der Waals surface area contributed by atoms with E-state index in [2.05, 4.69) is 5.10 Å². The van der Waals surface area contributed by atoms with Gasteiger partial charge in [-0.05, 0) is 12.0 Å². The van der Waals surface area contributed by atoms with Gasteiger partial charge >= 0.3 is 0 Å². The van der Waals surface area contributed by atoms with Crippen LogP contribution in [0.2, 0.25) is 0 Å². The number of rotatable bonds is 4. The number of amides is 1. The van der Waals surface area contributed by atoms with Gasteiger partial charge in [-0.25, -0.2) is 0 Å². The van der Waals surface area contributed by atoms with Gasteiger partial charge in [-0.15, -0.1) is 0 Å². The minimum Gasteiger partial charge on any atom is -0.349 e. The fourth-order valence-corrected chi connectivity index (χ4v) is 1.50. The van der Waals surface area contributed by atoms with E-state index in [9.17, 15) is 4.79 Å². The zero-order valence-electron chi connectivity index (χ0n) is 9.47. The molecule has 15 heavy (non-hydrogen) atoms. The first-order valence-corrected chi connectivity index (χ1v) is 4.93. The Morgan fingerprint density at radius 2 is 2.33 bits per heavy atom. The molecule has 0 bridgehead atoms. The molecule has 1 heterocycles.